The quantitative estimate of drug-likeness (QED) is 0.0910. The van der Waals surface area contributed by atoms with E-state index in [-0.39, 0.29) is 17.9 Å². The second kappa shape index (κ2) is 26.9. The molecule has 0 aromatic heterocycles. The molecule has 1 saturated heterocycles. The summed E-state index contributed by atoms with van der Waals surface area (Å²) in [6, 6.07) is -0.322. The molecular weight excluding hydrogens is 554 g/mol. The number of amides is 2. The van der Waals surface area contributed by atoms with Gasteiger partial charge in [-0.15, -0.1) is 0 Å². The lowest BCUT2D eigenvalue weighted by atomic mass is 9.90. The molecule has 8 heteroatoms. The molecule has 2 N–H and O–H groups in total. The van der Waals surface area contributed by atoms with Gasteiger partial charge in [0.2, 0.25) is 11.8 Å². The van der Waals surface area contributed by atoms with Crippen LogP contribution in [-0.2, 0) is 23.8 Å². The maximum atomic E-state index is 13.1. The van der Waals surface area contributed by atoms with Gasteiger partial charge < -0.3 is 29.7 Å². The van der Waals surface area contributed by atoms with Crippen LogP contribution in [0.25, 0.3) is 0 Å². The average molecular weight is 626 g/mol. The first-order chi connectivity index (χ1) is 21.2. The molecule has 0 aromatic rings. The summed E-state index contributed by atoms with van der Waals surface area (Å²) >= 11 is 0. The molecule has 260 valence electrons. The zero-order valence-electron chi connectivity index (χ0n) is 29.6. The van der Waals surface area contributed by atoms with Crippen molar-refractivity contribution in [2.45, 2.75) is 131 Å². The van der Waals surface area contributed by atoms with Crippen LogP contribution in [0.1, 0.15) is 125 Å². The van der Waals surface area contributed by atoms with Gasteiger partial charge in [-0.25, -0.2) is 0 Å². The highest BCUT2D eigenvalue weighted by atomic mass is 16.5. The molecule has 0 saturated carbocycles. The van der Waals surface area contributed by atoms with E-state index in [1.54, 1.807) is 0 Å². The number of carbonyl (C=O) groups is 2. The SMILES string of the molecule is CNCCCOCCOCCOCCCNC(=O)C1CCCN1C(=O)CC(C)CCCC(C)CCCC(C)CCCC(C)C. The molecule has 44 heavy (non-hydrogen) atoms. The summed E-state index contributed by atoms with van der Waals surface area (Å²) in [7, 11) is 1.94. The summed E-state index contributed by atoms with van der Waals surface area (Å²) in [5.41, 5.74) is 0. The van der Waals surface area contributed by atoms with E-state index < -0.39 is 0 Å². The van der Waals surface area contributed by atoms with Gasteiger partial charge in [0.05, 0.1) is 26.4 Å². The minimum absolute atomic E-state index is 0.0235. The summed E-state index contributed by atoms with van der Waals surface area (Å²) < 4.78 is 16.6. The third kappa shape index (κ3) is 21.5. The van der Waals surface area contributed by atoms with Crippen molar-refractivity contribution in [3.63, 3.8) is 0 Å². The highest BCUT2D eigenvalue weighted by Gasteiger charge is 2.34. The molecule has 1 rings (SSSR count). The lowest BCUT2D eigenvalue weighted by Gasteiger charge is -2.25. The predicted molar refractivity (Wildman–Crippen MR) is 182 cm³/mol. The van der Waals surface area contributed by atoms with Gasteiger partial charge in [-0.3, -0.25) is 9.59 Å². The van der Waals surface area contributed by atoms with Crippen LogP contribution in [0.5, 0.6) is 0 Å². The molecule has 0 aliphatic carbocycles. The van der Waals surface area contributed by atoms with Crippen LogP contribution in [0.2, 0.25) is 0 Å². The second-order valence-electron chi connectivity index (χ2n) is 13.9. The number of carbonyl (C=O) groups excluding carboxylic acids is 2. The van der Waals surface area contributed by atoms with E-state index in [9.17, 15) is 9.59 Å². The van der Waals surface area contributed by atoms with Crippen LogP contribution in [0.4, 0.5) is 0 Å². The van der Waals surface area contributed by atoms with Crippen molar-refractivity contribution in [3.8, 4) is 0 Å². The van der Waals surface area contributed by atoms with Gasteiger partial charge in [0.1, 0.15) is 6.04 Å². The summed E-state index contributed by atoms with van der Waals surface area (Å²) in [4.78, 5) is 27.8. The molecule has 8 nitrogen and oxygen atoms in total. The summed E-state index contributed by atoms with van der Waals surface area (Å²) in [5.74, 6) is 2.91. The van der Waals surface area contributed by atoms with Gasteiger partial charge in [0.25, 0.3) is 0 Å². The molecule has 1 fully saturated rings. The van der Waals surface area contributed by atoms with Gasteiger partial charge in [-0.2, -0.15) is 0 Å². The largest absolute Gasteiger partial charge is 0.379 e. The fourth-order valence-corrected chi connectivity index (χ4v) is 6.04. The number of likely N-dealkylation sites (tertiary alicyclic amines) is 1. The fourth-order valence-electron chi connectivity index (χ4n) is 6.04. The standard InChI is InChI=1S/C36H71N3O5/c1-30(2)13-7-14-31(3)15-8-16-32(4)17-9-18-33(5)29-35(40)39-22-10-19-34(39)36(41)38-21-12-24-43-26-28-44-27-25-42-23-11-20-37-6/h30-34,37H,7-29H2,1-6H3,(H,38,41). The molecule has 4 atom stereocenters. The highest BCUT2D eigenvalue weighted by Crippen LogP contribution is 2.24. The first kappa shape index (κ1) is 40.8. The third-order valence-electron chi connectivity index (χ3n) is 8.89. The molecule has 2 amide bonds. The zero-order valence-corrected chi connectivity index (χ0v) is 29.6. The predicted octanol–water partition coefficient (Wildman–Crippen LogP) is 6.61. The Morgan fingerprint density at radius 2 is 1.18 bits per heavy atom. The summed E-state index contributed by atoms with van der Waals surface area (Å²) in [6.07, 6.45) is 15.6. The zero-order chi connectivity index (χ0) is 32.4. The maximum absolute atomic E-state index is 13.1. The Bertz CT molecular complexity index is 707. The number of hydrogen-bond donors (Lipinski definition) is 2. The van der Waals surface area contributed by atoms with E-state index in [0.717, 1.165) is 63.0 Å². The van der Waals surface area contributed by atoms with Gasteiger partial charge in [-0.1, -0.05) is 92.4 Å². The lowest BCUT2D eigenvalue weighted by Crippen LogP contribution is -2.46. The first-order valence-electron chi connectivity index (χ1n) is 18.2. The van der Waals surface area contributed by atoms with E-state index in [1.807, 2.05) is 11.9 Å². The van der Waals surface area contributed by atoms with Crippen LogP contribution < -0.4 is 10.6 Å². The molecule has 0 bridgehead atoms. The minimum Gasteiger partial charge on any atom is -0.379 e. The van der Waals surface area contributed by atoms with Crippen molar-refractivity contribution in [1.29, 1.82) is 0 Å². The van der Waals surface area contributed by atoms with Crippen LogP contribution in [0.3, 0.4) is 0 Å². The second-order valence-corrected chi connectivity index (χ2v) is 13.9. The number of ether oxygens (including phenoxy) is 3. The van der Waals surface area contributed by atoms with Gasteiger partial charge in [-0.05, 0) is 62.9 Å². The summed E-state index contributed by atoms with van der Waals surface area (Å²) in [6.45, 7) is 17.4. The number of nitrogens with one attached hydrogen (secondary N) is 2. The highest BCUT2D eigenvalue weighted by molar-refractivity contribution is 5.88. The van der Waals surface area contributed by atoms with Crippen LogP contribution in [0, 0.1) is 23.7 Å². The monoisotopic (exact) mass is 626 g/mol. The molecule has 4 unspecified atom stereocenters. The van der Waals surface area contributed by atoms with Gasteiger partial charge >= 0.3 is 0 Å². The first-order valence-corrected chi connectivity index (χ1v) is 18.2. The average Bonchev–Trinajstić information content (AvgIpc) is 3.47. The molecular formula is C36H71N3O5. The van der Waals surface area contributed by atoms with Gasteiger partial charge in [0.15, 0.2) is 0 Å². The Balaban J connectivity index is 2.09. The maximum Gasteiger partial charge on any atom is 0.242 e. The van der Waals surface area contributed by atoms with E-state index in [4.69, 9.17) is 14.2 Å². The Hall–Kier alpha value is -1.22. The van der Waals surface area contributed by atoms with E-state index in [2.05, 4.69) is 45.3 Å². The van der Waals surface area contributed by atoms with Crippen molar-refractivity contribution in [1.82, 2.24) is 15.5 Å². The van der Waals surface area contributed by atoms with Gasteiger partial charge in [0, 0.05) is 32.7 Å². The van der Waals surface area contributed by atoms with Crippen LogP contribution in [-0.4, -0.2) is 89.1 Å². The fraction of sp³-hybridized carbons (Fsp3) is 0.944. The Kier molecular flexibility index (Phi) is 25.0. The smallest absolute Gasteiger partial charge is 0.242 e. The Morgan fingerprint density at radius 3 is 1.73 bits per heavy atom. The van der Waals surface area contributed by atoms with Crippen molar-refractivity contribution in [3.05, 3.63) is 0 Å². The van der Waals surface area contributed by atoms with Crippen LogP contribution >= 0.6 is 0 Å². The number of rotatable bonds is 29. The Labute approximate surface area is 271 Å². The van der Waals surface area contributed by atoms with Crippen molar-refractivity contribution in [2.24, 2.45) is 23.7 Å². The van der Waals surface area contributed by atoms with Crippen molar-refractivity contribution >= 4 is 11.8 Å². The van der Waals surface area contributed by atoms with Crippen molar-refractivity contribution < 1.29 is 23.8 Å². The molecule has 0 spiro atoms. The van der Waals surface area contributed by atoms with E-state index >= 15 is 0 Å². The normalized spacial score (nSPS) is 17.2. The molecule has 0 aromatic carbocycles. The molecule has 1 aliphatic heterocycles. The lowest BCUT2D eigenvalue weighted by molar-refractivity contribution is -0.139. The number of hydrogen-bond acceptors (Lipinski definition) is 6. The Morgan fingerprint density at radius 1 is 0.682 bits per heavy atom. The van der Waals surface area contributed by atoms with Crippen LogP contribution in [0.15, 0.2) is 0 Å². The topological polar surface area (TPSA) is 89.1 Å². The molecule has 0 radical (unpaired) electrons. The number of nitrogens with zero attached hydrogens (tertiary/aromatic N) is 1. The molecule has 1 heterocycles. The molecule has 1 aliphatic rings. The summed E-state index contributed by atoms with van der Waals surface area (Å²) in [5, 5.41) is 6.11. The van der Waals surface area contributed by atoms with Crippen molar-refractivity contribution in [2.75, 3.05) is 66.3 Å². The minimum atomic E-state index is -0.322. The third-order valence-corrected chi connectivity index (χ3v) is 8.89. The van der Waals surface area contributed by atoms with E-state index in [0.29, 0.717) is 58.5 Å². The van der Waals surface area contributed by atoms with E-state index in [1.165, 1.54) is 51.4 Å².